The maximum atomic E-state index is 12.6. The molecule has 1 atom stereocenters. The van der Waals surface area contributed by atoms with Crippen LogP contribution in [0.4, 0.5) is 11.4 Å². The summed E-state index contributed by atoms with van der Waals surface area (Å²) in [6, 6.07) is 9.45. The molecule has 1 amide bonds. The van der Waals surface area contributed by atoms with Gasteiger partial charge in [0.15, 0.2) is 5.16 Å². The molecule has 0 bridgehead atoms. The fourth-order valence-electron chi connectivity index (χ4n) is 2.61. The van der Waals surface area contributed by atoms with Crippen molar-refractivity contribution in [1.82, 2.24) is 9.55 Å². The van der Waals surface area contributed by atoms with Gasteiger partial charge < -0.3 is 14.6 Å². The van der Waals surface area contributed by atoms with Crippen molar-refractivity contribution in [3.8, 4) is 5.75 Å². The van der Waals surface area contributed by atoms with Crippen LogP contribution in [0.3, 0.4) is 0 Å². The molecule has 146 valence electrons. The number of carbonyl (C=O) groups is 1. The number of non-ortho nitro benzene ring substituents is 1. The van der Waals surface area contributed by atoms with Gasteiger partial charge in [0.1, 0.15) is 5.75 Å². The SMILES string of the molecule is COc1ccc([N+](=O)[O-])cc1NC(=O)C(C)Sc1nc2cc(Cl)ccc2n1C. The summed E-state index contributed by atoms with van der Waals surface area (Å²) in [6.45, 7) is 1.73. The van der Waals surface area contributed by atoms with Crippen molar-refractivity contribution < 1.29 is 14.5 Å². The summed E-state index contributed by atoms with van der Waals surface area (Å²) in [5, 5.41) is 14.4. The van der Waals surface area contributed by atoms with E-state index in [0.717, 1.165) is 11.0 Å². The van der Waals surface area contributed by atoms with E-state index in [9.17, 15) is 14.9 Å². The summed E-state index contributed by atoms with van der Waals surface area (Å²) in [5.74, 6) is 0.0161. The van der Waals surface area contributed by atoms with Crippen LogP contribution >= 0.6 is 23.4 Å². The highest BCUT2D eigenvalue weighted by molar-refractivity contribution is 8.00. The Morgan fingerprint density at radius 3 is 2.79 bits per heavy atom. The number of benzene rings is 2. The second-order valence-corrected chi connectivity index (χ2v) is 7.72. The number of imidazole rings is 1. The minimum Gasteiger partial charge on any atom is -0.495 e. The summed E-state index contributed by atoms with van der Waals surface area (Å²) in [7, 11) is 3.29. The first-order chi connectivity index (χ1) is 13.3. The first-order valence-corrected chi connectivity index (χ1v) is 9.48. The fraction of sp³-hybridized carbons (Fsp3) is 0.222. The number of ether oxygens (including phenoxy) is 1. The van der Waals surface area contributed by atoms with E-state index in [1.165, 1.54) is 37.1 Å². The van der Waals surface area contributed by atoms with Crippen LogP contribution < -0.4 is 10.1 Å². The Morgan fingerprint density at radius 1 is 1.36 bits per heavy atom. The zero-order valence-electron chi connectivity index (χ0n) is 15.3. The Hall–Kier alpha value is -2.78. The number of nitrogens with one attached hydrogen (secondary N) is 1. The van der Waals surface area contributed by atoms with Gasteiger partial charge in [-0.05, 0) is 31.2 Å². The van der Waals surface area contributed by atoms with Gasteiger partial charge in [0.2, 0.25) is 5.91 Å². The fourth-order valence-corrected chi connectivity index (χ4v) is 3.67. The van der Waals surface area contributed by atoms with Crippen molar-refractivity contribution in [2.45, 2.75) is 17.3 Å². The van der Waals surface area contributed by atoms with Crippen LogP contribution in [0.25, 0.3) is 11.0 Å². The van der Waals surface area contributed by atoms with E-state index < -0.39 is 10.2 Å². The zero-order valence-corrected chi connectivity index (χ0v) is 16.9. The molecule has 3 rings (SSSR count). The molecule has 0 radical (unpaired) electrons. The van der Waals surface area contributed by atoms with E-state index in [0.29, 0.717) is 15.9 Å². The normalized spacial score (nSPS) is 12.0. The average Bonchev–Trinajstić information content (AvgIpc) is 2.96. The number of anilines is 1. The molecule has 1 N–H and O–H groups in total. The summed E-state index contributed by atoms with van der Waals surface area (Å²) in [6.07, 6.45) is 0. The number of hydrogen-bond donors (Lipinski definition) is 1. The number of nitrogens with zero attached hydrogens (tertiary/aromatic N) is 3. The van der Waals surface area contributed by atoms with Gasteiger partial charge in [0.05, 0.1) is 34.0 Å². The molecule has 1 aromatic heterocycles. The average molecular weight is 421 g/mol. The zero-order chi connectivity index (χ0) is 20.4. The number of halogens is 1. The van der Waals surface area contributed by atoms with Gasteiger partial charge >= 0.3 is 0 Å². The van der Waals surface area contributed by atoms with Crippen LogP contribution in [-0.4, -0.2) is 32.7 Å². The molecule has 1 unspecified atom stereocenters. The third-order valence-electron chi connectivity index (χ3n) is 4.11. The lowest BCUT2D eigenvalue weighted by molar-refractivity contribution is -0.384. The number of amides is 1. The van der Waals surface area contributed by atoms with Crippen molar-refractivity contribution in [2.24, 2.45) is 7.05 Å². The second-order valence-electron chi connectivity index (χ2n) is 5.98. The van der Waals surface area contributed by atoms with Crippen LogP contribution in [0.2, 0.25) is 5.02 Å². The Kier molecular flexibility index (Phi) is 5.76. The molecule has 2 aromatic carbocycles. The molecule has 10 heteroatoms. The van der Waals surface area contributed by atoms with E-state index in [-0.39, 0.29) is 17.3 Å². The number of methoxy groups -OCH3 is 1. The molecule has 28 heavy (non-hydrogen) atoms. The van der Waals surface area contributed by atoms with Gasteiger partial charge in [-0.1, -0.05) is 23.4 Å². The molecule has 1 heterocycles. The van der Waals surface area contributed by atoms with Gasteiger partial charge in [-0.15, -0.1) is 0 Å². The quantitative estimate of drug-likeness (QED) is 0.363. The van der Waals surface area contributed by atoms with Crippen LogP contribution in [0.1, 0.15) is 6.92 Å². The predicted molar refractivity (Wildman–Crippen MR) is 109 cm³/mol. The topological polar surface area (TPSA) is 99.3 Å². The molecule has 8 nitrogen and oxygen atoms in total. The highest BCUT2D eigenvalue weighted by atomic mass is 35.5. The predicted octanol–water partition coefficient (Wildman–Crippen LogP) is 4.26. The van der Waals surface area contributed by atoms with Crippen LogP contribution in [0.15, 0.2) is 41.6 Å². The van der Waals surface area contributed by atoms with Crippen molar-refractivity contribution in [3.63, 3.8) is 0 Å². The van der Waals surface area contributed by atoms with Gasteiger partial charge in [-0.25, -0.2) is 4.98 Å². The molecule has 0 aliphatic heterocycles. The van der Waals surface area contributed by atoms with E-state index in [1.54, 1.807) is 19.1 Å². The van der Waals surface area contributed by atoms with E-state index in [1.807, 2.05) is 17.7 Å². The summed E-state index contributed by atoms with van der Waals surface area (Å²) in [5.41, 5.74) is 1.75. The first-order valence-electron chi connectivity index (χ1n) is 8.22. The van der Waals surface area contributed by atoms with Crippen LogP contribution in [0, 0.1) is 10.1 Å². The lowest BCUT2D eigenvalue weighted by Crippen LogP contribution is -2.23. The van der Waals surface area contributed by atoms with Crippen molar-refractivity contribution in [1.29, 1.82) is 0 Å². The Labute approximate surface area is 170 Å². The number of fused-ring (bicyclic) bond motifs is 1. The summed E-state index contributed by atoms with van der Waals surface area (Å²) in [4.78, 5) is 27.6. The Bertz CT molecular complexity index is 1070. The smallest absolute Gasteiger partial charge is 0.271 e. The summed E-state index contributed by atoms with van der Waals surface area (Å²) >= 11 is 7.29. The van der Waals surface area contributed by atoms with Crippen molar-refractivity contribution in [2.75, 3.05) is 12.4 Å². The highest BCUT2D eigenvalue weighted by Gasteiger charge is 2.21. The number of thioether (sulfide) groups is 1. The number of carbonyl (C=O) groups excluding carboxylic acids is 1. The van der Waals surface area contributed by atoms with E-state index >= 15 is 0 Å². The largest absolute Gasteiger partial charge is 0.495 e. The highest BCUT2D eigenvalue weighted by Crippen LogP contribution is 2.31. The maximum absolute atomic E-state index is 12.6. The Balaban J connectivity index is 1.79. The molecule has 0 saturated carbocycles. The van der Waals surface area contributed by atoms with Gasteiger partial charge in [-0.2, -0.15) is 0 Å². The molecule has 0 aliphatic carbocycles. The van der Waals surface area contributed by atoms with Crippen LogP contribution in [-0.2, 0) is 11.8 Å². The number of nitro groups is 1. The molecule has 3 aromatic rings. The third-order valence-corrected chi connectivity index (χ3v) is 5.48. The lowest BCUT2D eigenvalue weighted by atomic mass is 10.2. The second kappa shape index (κ2) is 8.07. The molecular formula is C18H17ClN4O4S. The molecule has 0 aliphatic rings. The number of rotatable bonds is 6. The first kappa shape index (κ1) is 20.0. The standard InChI is InChI=1S/C18H17ClN4O4S/c1-10(28-18-21-13-8-11(19)4-6-15(13)22(18)2)17(24)20-14-9-12(23(25)26)5-7-16(14)27-3/h4-10H,1-3H3,(H,20,24). The third kappa shape index (κ3) is 4.05. The van der Waals surface area contributed by atoms with E-state index in [2.05, 4.69) is 10.3 Å². The lowest BCUT2D eigenvalue weighted by Gasteiger charge is -2.14. The van der Waals surface area contributed by atoms with Crippen LogP contribution in [0.5, 0.6) is 5.75 Å². The number of aryl methyl sites for hydroxylation is 1. The van der Waals surface area contributed by atoms with Gasteiger partial charge in [-0.3, -0.25) is 14.9 Å². The molecule has 0 saturated heterocycles. The van der Waals surface area contributed by atoms with Crippen molar-refractivity contribution in [3.05, 3.63) is 51.5 Å². The maximum Gasteiger partial charge on any atom is 0.271 e. The van der Waals surface area contributed by atoms with Crippen molar-refractivity contribution >= 4 is 51.7 Å². The molecular weight excluding hydrogens is 404 g/mol. The monoisotopic (exact) mass is 420 g/mol. The minimum atomic E-state index is -0.530. The number of hydrogen-bond acceptors (Lipinski definition) is 6. The molecule has 0 spiro atoms. The molecule has 0 fully saturated rings. The number of nitro benzene ring substituents is 1. The summed E-state index contributed by atoms with van der Waals surface area (Å²) < 4.78 is 7.06. The van der Waals surface area contributed by atoms with Gasteiger partial charge in [0.25, 0.3) is 5.69 Å². The van der Waals surface area contributed by atoms with E-state index in [4.69, 9.17) is 16.3 Å². The minimum absolute atomic E-state index is 0.136. The Morgan fingerprint density at radius 2 is 2.11 bits per heavy atom. The van der Waals surface area contributed by atoms with Gasteiger partial charge in [0, 0.05) is 24.2 Å². The number of aromatic nitrogens is 2.